The van der Waals surface area contributed by atoms with Gasteiger partial charge in [0.2, 0.25) is 0 Å². The molecule has 8 heteroatoms. The van der Waals surface area contributed by atoms with Crippen molar-refractivity contribution in [3.05, 3.63) is 70.2 Å². The van der Waals surface area contributed by atoms with Gasteiger partial charge in [-0.15, -0.1) is 0 Å². The third-order valence-electron chi connectivity index (χ3n) is 3.41. The molecule has 0 saturated carbocycles. The Labute approximate surface area is 188 Å². The first kappa shape index (κ1) is 19.8. The van der Waals surface area contributed by atoms with E-state index < -0.39 is 0 Å². The Morgan fingerprint density at radius 1 is 0.640 bits per heavy atom. The molecule has 0 saturated heterocycles. The van der Waals surface area contributed by atoms with Gasteiger partial charge in [-0.1, -0.05) is 69.6 Å². The monoisotopic (exact) mass is 561 g/mol. The maximum absolute atomic E-state index is 6.32. The lowest BCUT2D eigenvalue weighted by Gasteiger charge is -2.12. The number of aromatic nitrogens is 1. The molecule has 2 aromatic carbocycles. The topological polar surface area (TPSA) is 12.9 Å². The minimum atomic E-state index is 0.370. The van der Waals surface area contributed by atoms with Crippen LogP contribution in [0.15, 0.2) is 36.5 Å². The first-order valence-electron chi connectivity index (χ1n) is 6.73. The van der Waals surface area contributed by atoms with Gasteiger partial charge in [-0.3, -0.25) is 4.98 Å². The van der Waals surface area contributed by atoms with Crippen LogP contribution in [-0.2, 0) is 0 Å². The number of nitrogens with zero attached hydrogens (tertiary/aromatic N) is 1. The van der Waals surface area contributed by atoms with Gasteiger partial charge in [-0.25, -0.2) is 0 Å². The molecule has 3 aromatic rings. The van der Waals surface area contributed by atoms with Crippen LogP contribution in [0.3, 0.4) is 0 Å². The summed E-state index contributed by atoms with van der Waals surface area (Å²) in [5.74, 6) is 0. The van der Waals surface area contributed by atoms with Crippen molar-refractivity contribution >= 4 is 92.2 Å². The van der Waals surface area contributed by atoms with Crippen LogP contribution in [0.5, 0.6) is 0 Å². The highest BCUT2D eigenvalue weighted by Crippen LogP contribution is 2.40. The smallest absolute Gasteiger partial charge is 0.0729 e. The van der Waals surface area contributed by atoms with Gasteiger partial charge in [0.15, 0.2) is 0 Å². The van der Waals surface area contributed by atoms with Gasteiger partial charge in [-0.05, 0) is 52.9 Å². The number of hydrogen-bond acceptors (Lipinski definition) is 1. The highest BCUT2D eigenvalue weighted by Gasteiger charge is 2.16. The van der Waals surface area contributed by atoms with Crippen molar-refractivity contribution in [2.45, 2.75) is 0 Å². The van der Waals surface area contributed by atoms with Crippen LogP contribution >= 0.6 is 92.2 Å². The van der Waals surface area contributed by atoms with Crippen molar-refractivity contribution in [3.8, 4) is 22.4 Å². The minimum absolute atomic E-state index is 0.370. The van der Waals surface area contributed by atoms with Gasteiger partial charge in [-0.2, -0.15) is 0 Å². The maximum atomic E-state index is 6.32. The molecule has 1 nitrogen and oxygen atoms in total. The van der Waals surface area contributed by atoms with Crippen molar-refractivity contribution < 1.29 is 0 Å². The molecule has 0 aliphatic carbocycles. The molecule has 0 N–H and O–H groups in total. The van der Waals surface area contributed by atoms with E-state index in [9.17, 15) is 0 Å². The lowest BCUT2D eigenvalue weighted by Crippen LogP contribution is -1.92. The Bertz CT molecular complexity index is 989. The molecule has 0 bridgehead atoms. The molecule has 0 aliphatic heterocycles. The van der Waals surface area contributed by atoms with E-state index in [1.165, 1.54) is 0 Å². The molecule has 0 radical (unpaired) electrons. The Morgan fingerprint density at radius 2 is 1.16 bits per heavy atom. The van der Waals surface area contributed by atoms with Gasteiger partial charge in [0, 0.05) is 36.5 Å². The summed E-state index contributed by atoms with van der Waals surface area (Å²) in [7, 11) is 0. The molecule has 1 heterocycles. The van der Waals surface area contributed by atoms with Crippen LogP contribution in [0.4, 0.5) is 0 Å². The van der Waals surface area contributed by atoms with Crippen LogP contribution in [0, 0.1) is 3.57 Å². The van der Waals surface area contributed by atoms with Crippen molar-refractivity contribution in [1.82, 2.24) is 4.98 Å². The van der Waals surface area contributed by atoms with Crippen molar-refractivity contribution in [2.24, 2.45) is 0 Å². The van der Waals surface area contributed by atoms with E-state index in [4.69, 9.17) is 69.6 Å². The van der Waals surface area contributed by atoms with Crippen LogP contribution < -0.4 is 0 Å². The lowest BCUT2D eigenvalue weighted by atomic mass is 10.1. The number of halogens is 7. The van der Waals surface area contributed by atoms with Crippen LogP contribution in [0.2, 0.25) is 30.1 Å². The average molecular weight is 564 g/mol. The maximum Gasteiger partial charge on any atom is 0.0729 e. The van der Waals surface area contributed by atoms with E-state index in [-0.39, 0.29) is 0 Å². The Kier molecular flexibility index (Phi) is 6.32. The second-order valence-corrected chi connectivity index (χ2v) is 8.65. The molecule has 0 atom stereocenters. The lowest BCUT2D eigenvalue weighted by molar-refractivity contribution is 1.31. The van der Waals surface area contributed by atoms with E-state index in [1.807, 2.05) is 6.07 Å². The van der Waals surface area contributed by atoms with Crippen LogP contribution in [-0.4, -0.2) is 4.98 Å². The molecule has 0 spiro atoms. The zero-order valence-electron chi connectivity index (χ0n) is 12.1. The Hall–Kier alpha value is 0.0600. The summed E-state index contributed by atoms with van der Waals surface area (Å²) in [6, 6.07) is 8.52. The fraction of sp³-hybridized carbons (Fsp3) is 0. The third kappa shape index (κ3) is 4.16. The molecule has 3 rings (SSSR count). The van der Waals surface area contributed by atoms with E-state index in [2.05, 4.69) is 27.6 Å². The van der Waals surface area contributed by atoms with Crippen molar-refractivity contribution in [1.29, 1.82) is 0 Å². The summed E-state index contributed by atoms with van der Waals surface area (Å²) >= 11 is 39.2. The normalized spacial score (nSPS) is 11.0. The van der Waals surface area contributed by atoms with Crippen molar-refractivity contribution in [2.75, 3.05) is 0 Å². The van der Waals surface area contributed by atoms with Gasteiger partial charge in [0.05, 0.1) is 25.8 Å². The molecule has 128 valence electrons. The highest BCUT2D eigenvalue weighted by molar-refractivity contribution is 14.1. The first-order chi connectivity index (χ1) is 11.8. The third-order valence-corrected chi connectivity index (χ3v) is 6.34. The van der Waals surface area contributed by atoms with Crippen LogP contribution in [0.1, 0.15) is 0 Å². The number of hydrogen-bond donors (Lipinski definition) is 0. The molecule has 25 heavy (non-hydrogen) atoms. The molecular formula is C17H6Cl6IN. The Morgan fingerprint density at radius 3 is 1.72 bits per heavy atom. The fourth-order valence-electron chi connectivity index (χ4n) is 2.27. The average Bonchev–Trinajstić information content (AvgIpc) is 2.54. The van der Waals surface area contributed by atoms with Gasteiger partial charge < -0.3 is 0 Å². The van der Waals surface area contributed by atoms with Crippen LogP contribution in [0.25, 0.3) is 22.4 Å². The van der Waals surface area contributed by atoms with E-state index in [0.29, 0.717) is 47.0 Å². The molecule has 0 unspecified atom stereocenters. The summed E-state index contributed by atoms with van der Waals surface area (Å²) in [6.07, 6.45) is 1.69. The number of rotatable bonds is 2. The van der Waals surface area contributed by atoms with Gasteiger partial charge in [0.25, 0.3) is 0 Å². The Balaban J connectivity index is 2.15. The second-order valence-electron chi connectivity index (χ2n) is 5.05. The second kappa shape index (κ2) is 7.97. The molecule has 1 aromatic heterocycles. The minimum Gasteiger partial charge on any atom is -0.255 e. The zero-order valence-corrected chi connectivity index (χ0v) is 18.8. The number of benzene rings is 2. The van der Waals surface area contributed by atoms with E-state index >= 15 is 0 Å². The predicted molar refractivity (Wildman–Crippen MR) is 118 cm³/mol. The van der Waals surface area contributed by atoms with E-state index in [1.54, 1.807) is 30.5 Å². The summed E-state index contributed by atoms with van der Waals surface area (Å²) in [5, 5.41) is 2.54. The number of pyridine rings is 1. The summed E-state index contributed by atoms with van der Waals surface area (Å²) in [6.45, 7) is 0. The standard InChI is InChI=1S/C17H6Cl6IN/c18-7-1-9(16(22)12(20)3-7)11-6-25-15(5-14(11)24)10-2-8(19)4-13(21)17(10)23/h1-6H. The highest BCUT2D eigenvalue weighted by atomic mass is 127. The molecule has 0 aliphatic rings. The molecule has 0 fully saturated rings. The fourth-order valence-corrected chi connectivity index (χ4v) is 4.40. The first-order valence-corrected chi connectivity index (χ1v) is 10.1. The SMILES string of the molecule is Clc1cc(Cl)c(Cl)c(-c2cc(I)c(-c3cc(Cl)cc(Cl)c3Cl)cn2)c1. The zero-order chi connectivity index (χ0) is 18.3. The van der Waals surface area contributed by atoms with Gasteiger partial charge >= 0.3 is 0 Å². The predicted octanol–water partition coefficient (Wildman–Crippen LogP) is 8.94. The summed E-state index contributed by atoms with van der Waals surface area (Å²) in [5.41, 5.74) is 2.81. The van der Waals surface area contributed by atoms with E-state index in [0.717, 1.165) is 9.13 Å². The summed E-state index contributed by atoms with van der Waals surface area (Å²) in [4.78, 5) is 4.48. The largest absolute Gasteiger partial charge is 0.255 e. The summed E-state index contributed by atoms with van der Waals surface area (Å²) < 4.78 is 0.898. The molecule has 0 amide bonds. The van der Waals surface area contributed by atoms with Crippen molar-refractivity contribution in [3.63, 3.8) is 0 Å². The van der Waals surface area contributed by atoms with Gasteiger partial charge in [0.1, 0.15) is 0 Å². The molecular weight excluding hydrogens is 558 g/mol. The quantitative estimate of drug-likeness (QED) is 0.224.